The van der Waals surface area contributed by atoms with E-state index < -0.39 is 0 Å². The van der Waals surface area contributed by atoms with Crippen LogP contribution in [-0.2, 0) is 9.53 Å². The zero-order valence-electron chi connectivity index (χ0n) is 12.6. The quantitative estimate of drug-likeness (QED) is 0.863. The maximum Gasteiger partial charge on any atom is 0.230 e. The van der Waals surface area contributed by atoms with Crippen molar-refractivity contribution in [3.05, 3.63) is 29.8 Å². The highest BCUT2D eigenvalue weighted by atomic mass is 16.5. The summed E-state index contributed by atoms with van der Waals surface area (Å²) in [6.45, 7) is 9.08. The number of carbonyl (C=O) groups excluding carboxylic acids is 1. The average Bonchev–Trinajstić information content (AvgIpc) is 2.38. The number of anilines is 1. The van der Waals surface area contributed by atoms with Crippen molar-refractivity contribution in [1.82, 2.24) is 0 Å². The van der Waals surface area contributed by atoms with E-state index in [0.29, 0.717) is 6.42 Å². The second-order valence-electron chi connectivity index (χ2n) is 5.83. The van der Waals surface area contributed by atoms with Gasteiger partial charge in [0.2, 0.25) is 5.91 Å². The van der Waals surface area contributed by atoms with Gasteiger partial charge in [0.1, 0.15) is 25.3 Å². The van der Waals surface area contributed by atoms with Crippen LogP contribution < -0.4 is 10.2 Å². The summed E-state index contributed by atoms with van der Waals surface area (Å²) >= 11 is 0. The van der Waals surface area contributed by atoms with Gasteiger partial charge in [-0.1, -0.05) is 17.7 Å². The van der Waals surface area contributed by atoms with Crippen LogP contribution in [-0.4, -0.2) is 37.7 Å². The fourth-order valence-electron chi connectivity index (χ4n) is 2.74. The number of amides is 1. The molecule has 4 nitrogen and oxygen atoms in total. The van der Waals surface area contributed by atoms with Gasteiger partial charge in [-0.3, -0.25) is 4.79 Å². The molecule has 0 saturated carbocycles. The Hall–Kier alpha value is -1.39. The number of hydrogen-bond acceptors (Lipinski definition) is 2. The van der Waals surface area contributed by atoms with Gasteiger partial charge in [0.25, 0.3) is 0 Å². The Morgan fingerprint density at radius 2 is 1.85 bits per heavy atom. The molecule has 0 radical (unpaired) electrons. The maximum absolute atomic E-state index is 11.9. The maximum atomic E-state index is 11.9. The molecule has 2 rings (SSSR count). The summed E-state index contributed by atoms with van der Waals surface area (Å²) in [4.78, 5) is 13.4. The van der Waals surface area contributed by atoms with Gasteiger partial charge in [-0.05, 0) is 32.9 Å². The van der Waals surface area contributed by atoms with Gasteiger partial charge in [-0.2, -0.15) is 0 Å². The molecule has 0 aliphatic carbocycles. The molecule has 2 unspecified atom stereocenters. The molecule has 0 aromatic heterocycles. The van der Waals surface area contributed by atoms with E-state index in [4.69, 9.17) is 4.74 Å². The highest BCUT2D eigenvalue weighted by molar-refractivity contribution is 5.90. The van der Waals surface area contributed by atoms with Crippen LogP contribution in [0.1, 0.15) is 25.8 Å². The Bertz CT molecular complexity index is 434. The molecule has 1 aromatic rings. The third-order valence-corrected chi connectivity index (χ3v) is 3.66. The summed E-state index contributed by atoms with van der Waals surface area (Å²) < 4.78 is 5.71. The number of rotatable bonds is 4. The molecule has 4 heteroatoms. The summed E-state index contributed by atoms with van der Waals surface area (Å²) in [5.74, 6) is 0.0909. The van der Waals surface area contributed by atoms with Crippen molar-refractivity contribution >= 4 is 11.6 Å². The Labute approximate surface area is 121 Å². The molecular formula is C16H25N2O2+. The Morgan fingerprint density at radius 3 is 2.45 bits per heavy atom. The lowest BCUT2D eigenvalue weighted by Crippen LogP contribution is -3.15. The third-order valence-electron chi connectivity index (χ3n) is 3.66. The number of aryl methyl sites for hydroxylation is 1. The van der Waals surface area contributed by atoms with Crippen LogP contribution >= 0.6 is 0 Å². The minimum atomic E-state index is 0.0909. The fraction of sp³-hybridized carbons (Fsp3) is 0.562. The molecule has 1 saturated heterocycles. The monoisotopic (exact) mass is 277 g/mol. The Morgan fingerprint density at radius 1 is 1.25 bits per heavy atom. The molecular weight excluding hydrogens is 252 g/mol. The van der Waals surface area contributed by atoms with Crippen LogP contribution in [0.2, 0.25) is 0 Å². The number of hydrogen-bond donors (Lipinski definition) is 2. The first-order valence-corrected chi connectivity index (χ1v) is 7.38. The second-order valence-corrected chi connectivity index (χ2v) is 5.83. The first-order chi connectivity index (χ1) is 9.52. The fourth-order valence-corrected chi connectivity index (χ4v) is 2.74. The lowest BCUT2D eigenvalue weighted by atomic mass is 10.2. The van der Waals surface area contributed by atoms with Crippen LogP contribution in [0, 0.1) is 6.92 Å². The first kappa shape index (κ1) is 15.0. The molecule has 1 aliphatic rings. The zero-order valence-corrected chi connectivity index (χ0v) is 12.6. The van der Waals surface area contributed by atoms with Gasteiger partial charge in [0.05, 0.1) is 13.0 Å². The van der Waals surface area contributed by atoms with E-state index in [-0.39, 0.29) is 18.1 Å². The predicted octanol–water partition coefficient (Wildman–Crippen LogP) is 1.02. The molecule has 2 N–H and O–H groups in total. The van der Waals surface area contributed by atoms with Crippen molar-refractivity contribution in [3.8, 4) is 0 Å². The topological polar surface area (TPSA) is 42.8 Å². The molecule has 1 aromatic carbocycles. The van der Waals surface area contributed by atoms with Crippen LogP contribution in [0.25, 0.3) is 0 Å². The number of nitrogens with one attached hydrogen (secondary N) is 2. The molecule has 1 fully saturated rings. The molecule has 1 aliphatic heterocycles. The van der Waals surface area contributed by atoms with E-state index >= 15 is 0 Å². The van der Waals surface area contributed by atoms with Crippen LogP contribution in [0.15, 0.2) is 24.3 Å². The van der Waals surface area contributed by atoms with E-state index in [1.807, 2.05) is 31.2 Å². The van der Waals surface area contributed by atoms with Crippen LogP contribution in [0.3, 0.4) is 0 Å². The average molecular weight is 277 g/mol. The smallest absolute Gasteiger partial charge is 0.230 e. The zero-order chi connectivity index (χ0) is 14.5. The normalized spacial score (nSPS) is 26.2. The highest BCUT2D eigenvalue weighted by Crippen LogP contribution is 2.08. The molecule has 1 heterocycles. The second kappa shape index (κ2) is 6.86. The Balaban J connectivity index is 1.76. The van der Waals surface area contributed by atoms with Crippen molar-refractivity contribution in [2.45, 2.75) is 39.4 Å². The van der Waals surface area contributed by atoms with Crippen molar-refractivity contribution < 1.29 is 14.4 Å². The van der Waals surface area contributed by atoms with E-state index in [9.17, 15) is 4.79 Å². The van der Waals surface area contributed by atoms with Gasteiger partial charge in [0.15, 0.2) is 0 Å². The number of benzene rings is 1. The first-order valence-electron chi connectivity index (χ1n) is 7.38. The van der Waals surface area contributed by atoms with Gasteiger partial charge < -0.3 is 15.0 Å². The summed E-state index contributed by atoms with van der Waals surface area (Å²) in [6.07, 6.45) is 1.13. The Kier molecular flexibility index (Phi) is 5.15. The third kappa shape index (κ3) is 4.62. The molecule has 110 valence electrons. The lowest BCUT2D eigenvalue weighted by molar-refractivity contribution is -0.914. The van der Waals surface area contributed by atoms with Crippen LogP contribution in [0.5, 0.6) is 0 Å². The van der Waals surface area contributed by atoms with Gasteiger partial charge in [0, 0.05) is 5.69 Å². The van der Waals surface area contributed by atoms with E-state index in [0.717, 1.165) is 25.3 Å². The van der Waals surface area contributed by atoms with E-state index in [1.165, 1.54) is 10.5 Å². The number of ether oxygens (including phenoxy) is 1. The summed E-state index contributed by atoms with van der Waals surface area (Å²) in [7, 11) is 0. The van der Waals surface area contributed by atoms with E-state index in [1.54, 1.807) is 0 Å². The largest absolute Gasteiger partial charge is 0.364 e. The van der Waals surface area contributed by atoms with Gasteiger partial charge in [-0.15, -0.1) is 0 Å². The standard InChI is InChI=1S/C16H24N2O2/c1-12-4-6-15(7-5-12)17-16(19)8-9-18-10-13(2)20-14(3)11-18/h4-7,13-14H,8-11H2,1-3H3,(H,17,19)/p+1. The summed E-state index contributed by atoms with van der Waals surface area (Å²) in [5.41, 5.74) is 2.07. The number of morpholine rings is 1. The van der Waals surface area contributed by atoms with Crippen molar-refractivity contribution in [2.75, 3.05) is 25.0 Å². The molecule has 2 atom stereocenters. The van der Waals surface area contributed by atoms with Crippen molar-refractivity contribution in [1.29, 1.82) is 0 Å². The van der Waals surface area contributed by atoms with Crippen LogP contribution in [0.4, 0.5) is 5.69 Å². The predicted molar refractivity (Wildman–Crippen MR) is 80.0 cm³/mol. The summed E-state index contributed by atoms with van der Waals surface area (Å²) in [5, 5.41) is 2.95. The number of carbonyl (C=O) groups is 1. The summed E-state index contributed by atoms with van der Waals surface area (Å²) in [6, 6.07) is 7.90. The molecule has 1 amide bonds. The van der Waals surface area contributed by atoms with Gasteiger partial charge in [-0.25, -0.2) is 0 Å². The van der Waals surface area contributed by atoms with Crippen molar-refractivity contribution in [3.63, 3.8) is 0 Å². The minimum Gasteiger partial charge on any atom is -0.364 e. The van der Waals surface area contributed by atoms with E-state index in [2.05, 4.69) is 19.2 Å². The molecule has 0 bridgehead atoms. The lowest BCUT2D eigenvalue weighted by Gasteiger charge is -2.32. The molecule has 20 heavy (non-hydrogen) atoms. The number of quaternary nitrogens is 1. The SMILES string of the molecule is Cc1ccc(NC(=O)CC[NH+]2CC(C)OC(C)C2)cc1. The molecule has 0 spiro atoms. The highest BCUT2D eigenvalue weighted by Gasteiger charge is 2.25. The minimum absolute atomic E-state index is 0.0909. The van der Waals surface area contributed by atoms with Crippen molar-refractivity contribution in [2.24, 2.45) is 0 Å². The van der Waals surface area contributed by atoms with Gasteiger partial charge >= 0.3 is 0 Å².